The molecule has 1 aromatic heterocycles. The van der Waals surface area contributed by atoms with E-state index in [-0.39, 0.29) is 24.4 Å². The largest absolute Gasteiger partial charge is 0.478 e. The minimum absolute atomic E-state index is 0.0560. The molecule has 0 spiro atoms. The van der Waals surface area contributed by atoms with Gasteiger partial charge in [-0.2, -0.15) is 0 Å². The predicted octanol–water partition coefficient (Wildman–Crippen LogP) is 3.79. The summed E-state index contributed by atoms with van der Waals surface area (Å²) in [5, 5.41) is 9.87. The summed E-state index contributed by atoms with van der Waals surface area (Å²) in [6, 6.07) is 6.47. The number of hydrogen-bond acceptors (Lipinski definition) is 3. The lowest BCUT2D eigenvalue weighted by Gasteiger charge is -2.16. The van der Waals surface area contributed by atoms with Crippen molar-refractivity contribution in [2.75, 3.05) is 7.05 Å². The summed E-state index contributed by atoms with van der Waals surface area (Å²) in [5.41, 5.74) is 0.657. The van der Waals surface area contributed by atoms with Gasteiger partial charge < -0.3 is 14.4 Å². The number of carbonyl (C=O) groups excluding carboxylic acids is 1. The molecule has 1 N–H and O–H groups in total. The second-order valence-electron chi connectivity index (χ2n) is 5.11. The van der Waals surface area contributed by atoms with Crippen molar-refractivity contribution in [1.82, 2.24) is 4.90 Å². The summed E-state index contributed by atoms with van der Waals surface area (Å²) in [7, 11) is 1.60. The predicted molar refractivity (Wildman–Crippen MR) is 87.0 cm³/mol. The Morgan fingerprint density at radius 1 is 1.26 bits per heavy atom. The van der Waals surface area contributed by atoms with E-state index in [0.717, 1.165) is 0 Å². The van der Waals surface area contributed by atoms with Crippen molar-refractivity contribution >= 4 is 35.1 Å². The van der Waals surface area contributed by atoms with Crippen molar-refractivity contribution < 1.29 is 19.1 Å². The van der Waals surface area contributed by atoms with E-state index in [2.05, 4.69) is 0 Å². The number of aryl methyl sites for hydroxylation is 1. The quantitative estimate of drug-likeness (QED) is 0.885. The van der Waals surface area contributed by atoms with Gasteiger partial charge in [-0.25, -0.2) is 4.79 Å². The fourth-order valence-corrected chi connectivity index (χ4v) is 2.67. The number of carboxylic acids is 1. The highest BCUT2D eigenvalue weighted by atomic mass is 35.5. The Morgan fingerprint density at radius 3 is 2.39 bits per heavy atom. The summed E-state index contributed by atoms with van der Waals surface area (Å²) in [6.07, 6.45) is 0.0560. The molecule has 0 fully saturated rings. The third-order valence-corrected chi connectivity index (χ3v) is 4.12. The summed E-state index contributed by atoms with van der Waals surface area (Å²) in [6.45, 7) is 1.73. The van der Waals surface area contributed by atoms with Crippen LogP contribution in [0.5, 0.6) is 0 Å². The Hall–Kier alpha value is -1.98. The molecule has 1 amide bonds. The number of nitrogens with zero attached hydrogens (tertiary/aromatic N) is 1. The topological polar surface area (TPSA) is 70.8 Å². The number of benzene rings is 1. The van der Waals surface area contributed by atoms with Crippen LogP contribution in [-0.2, 0) is 17.8 Å². The maximum Gasteiger partial charge on any atom is 0.339 e. The van der Waals surface area contributed by atoms with Gasteiger partial charge in [-0.3, -0.25) is 4.79 Å². The molecule has 0 aliphatic carbocycles. The third kappa shape index (κ3) is 4.06. The number of likely N-dealkylation sites (N-methyl/N-ethyl adjacent to an activating group) is 1. The molecule has 2 rings (SSSR count). The Bertz CT molecular complexity index is 734. The number of carbonyl (C=O) groups is 2. The van der Waals surface area contributed by atoms with Crippen molar-refractivity contribution in [3.8, 4) is 0 Å². The summed E-state index contributed by atoms with van der Waals surface area (Å²) in [5.74, 6) is -0.552. The average Bonchev–Trinajstić information content (AvgIpc) is 2.83. The van der Waals surface area contributed by atoms with Crippen LogP contribution in [0.1, 0.15) is 27.4 Å². The van der Waals surface area contributed by atoms with Gasteiger partial charge >= 0.3 is 5.97 Å². The standard InChI is InChI=1S/C16H15Cl2NO4/c1-9-11(16(21)22)6-10(23-9)8-19(2)15(20)7-12-13(17)4-3-5-14(12)18/h3-6H,7-8H2,1-2H3,(H,21,22). The number of furan rings is 1. The summed E-state index contributed by atoms with van der Waals surface area (Å²) >= 11 is 12.1. The van der Waals surface area contributed by atoms with Gasteiger partial charge in [0.05, 0.1) is 13.0 Å². The van der Waals surface area contributed by atoms with Crippen LogP contribution in [0.2, 0.25) is 10.0 Å². The highest BCUT2D eigenvalue weighted by Crippen LogP contribution is 2.25. The molecular formula is C16H15Cl2NO4. The molecule has 0 aliphatic rings. The van der Waals surface area contributed by atoms with Gasteiger partial charge in [0.2, 0.25) is 5.91 Å². The lowest BCUT2D eigenvalue weighted by molar-refractivity contribution is -0.129. The van der Waals surface area contributed by atoms with Gasteiger partial charge in [-0.05, 0) is 30.7 Å². The molecule has 1 heterocycles. The second-order valence-corrected chi connectivity index (χ2v) is 5.93. The van der Waals surface area contributed by atoms with E-state index in [1.807, 2.05) is 0 Å². The monoisotopic (exact) mass is 355 g/mol. The highest BCUT2D eigenvalue weighted by Gasteiger charge is 2.18. The van der Waals surface area contributed by atoms with Crippen molar-refractivity contribution in [1.29, 1.82) is 0 Å². The van der Waals surface area contributed by atoms with Gasteiger partial charge in [0.25, 0.3) is 0 Å². The zero-order chi connectivity index (χ0) is 17.1. The van der Waals surface area contributed by atoms with Crippen molar-refractivity contribution in [3.63, 3.8) is 0 Å². The Morgan fingerprint density at radius 2 is 1.87 bits per heavy atom. The van der Waals surface area contributed by atoms with E-state index in [9.17, 15) is 9.59 Å². The lowest BCUT2D eigenvalue weighted by atomic mass is 10.1. The first kappa shape index (κ1) is 17.4. The van der Waals surface area contributed by atoms with Crippen LogP contribution >= 0.6 is 23.2 Å². The van der Waals surface area contributed by atoms with Crippen LogP contribution in [-0.4, -0.2) is 28.9 Å². The lowest BCUT2D eigenvalue weighted by Crippen LogP contribution is -2.27. The third-order valence-electron chi connectivity index (χ3n) is 3.41. The molecule has 0 aliphatic heterocycles. The van der Waals surface area contributed by atoms with Crippen molar-refractivity contribution in [2.24, 2.45) is 0 Å². The first-order valence-electron chi connectivity index (χ1n) is 6.79. The molecule has 1 aromatic carbocycles. The second kappa shape index (κ2) is 7.06. The zero-order valence-corrected chi connectivity index (χ0v) is 14.1. The van der Waals surface area contributed by atoms with E-state index < -0.39 is 5.97 Å². The van der Waals surface area contributed by atoms with Crippen LogP contribution in [0.4, 0.5) is 0 Å². The van der Waals surface area contributed by atoms with Crippen LogP contribution in [0.3, 0.4) is 0 Å². The summed E-state index contributed by atoms with van der Waals surface area (Å²) in [4.78, 5) is 24.7. The number of hydrogen-bond donors (Lipinski definition) is 1. The molecule has 2 aromatic rings. The number of rotatable bonds is 5. The van der Waals surface area contributed by atoms with Crippen LogP contribution < -0.4 is 0 Å². The number of amides is 1. The van der Waals surface area contributed by atoms with Gasteiger partial charge in [-0.1, -0.05) is 29.3 Å². The minimum atomic E-state index is -1.06. The molecule has 5 nitrogen and oxygen atoms in total. The molecule has 0 bridgehead atoms. The maximum absolute atomic E-state index is 12.3. The van der Waals surface area contributed by atoms with Crippen LogP contribution in [0.15, 0.2) is 28.7 Å². The Balaban J connectivity index is 2.08. The van der Waals surface area contributed by atoms with Gasteiger partial charge in [0.1, 0.15) is 17.1 Å². The molecule has 0 unspecified atom stereocenters. The zero-order valence-electron chi connectivity index (χ0n) is 12.6. The maximum atomic E-state index is 12.3. The Kier molecular flexibility index (Phi) is 5.34. The first-order valence-corrected chi connectivity index (χ1v) is 7.54. The highest BCUT2D eigenvalue weighted by molar-refractivity contribution is 6.36. The molecule has 0 saturated heterocycles. The minimum Gasteiger partial charge on any atom is -0.478 e. The molecule has 0 radical (unpaired) electrons. The van der Waals surface area contributed by atoms with Crippen LogP contribution in [0, 0.1) is 6.92 Å². The fourth-order valence-electron chi connectivity index (χ4n) is 2.14. The van der Waals surface area contributed by atoms with E-state index >= 15 is 0 Å². The molecule has 0 saturated carbocycles. The van der Waals surface area contributed by atoms with Crippen LogP contribution in [0.25, 0.3) is 0 Å². The number of halogens is 2. The smallest absolute Gasteiger partial charge is 0.339 e. The normalized spacial score (nSPS) is 10.6. The Labute approximate surface area is 143 Å². The summed E-state index contributed by atoms with van der Waals surface area (Å²) < 4.78 is 5.37. The average molecular weight is 356 g/mol. The van der Waals surface area contributed by atoms with Crippen molar-refractivity contribution in [2.45, 2.75) is 19.9 Å². The molecule has 122 valence electrons. The number of carboxylic acid groups (broad SMARTS) is 1. The van der Waals surface area contributed by atoms with E-state index in [0.29, 0.717) is 27.1 Å². The molecule has 7 heteroatoms. The van der Waals surface area contributed by atoms with Gasteiger partial charge in [0, 0.05) is 17.1 Å². The molecular weight excluding hydrogens is 341 g/mol. The van der Waals surface area contributed by atoms with E-state index in [1.54, 1.807) is 32.2 Å². The SMILES string of the molecule is Cc1oc(CN(C)C(=O)Cc2c(Cl)cccc2Cl)cc1C(=O)O. The van der Waals surface area contributed by atoms with E-state index in [1.165, 1.54) is 11.0 Å². The number of aromatic carboxylic acids is 1. The van der Waals surface area contributed by atoms with Crippen molar-refractivity contribution in [3.05, 3.63) is 57.0 Å². The molecule has 0 atom stereocenters. The van der Waals surface area contributed by atoms with Gasteiger partial charge in [-0.15, -0.1) is 0 Å². The first-order chi connectivity index (χ1) is 10.8. The fraction of sp³-hybridized carbons (Fsp3) is 0.250. The van der Waals surface area contributed by atoms with Gasteiger partial charge in [0.15, 0.2) is 0 Å². The molecule has 23 heavy (non-hydrogen) atoms. The van der Waals surface area contributed by atoms with E-state index in [4.69, 9.17) is 32.7 Å².